The summed E-state index contributed by atoms with van der Waals surface area (Å²) < 4.78 is 49.4. The van der Waals surface area contributed by atoms with Crippen LogP contribution in [0, 0.1) is 0 Å². The summed E-state index contributed by atoms with van der Waals surface area (Å²) in [4.78, 5) is 5.94. The SMILES string of the molecule is CC(C)Oc1ccccc1N1CCC(Oc2ccc(C(F)(F)F)cn2)C1. The lowest BCUT2D eigenvalue weighted by Gasteiger charge is -2.23. The number of hydrogen-bond acceptors (Lipinski definition) is 4. The Hall–Kier alpha value is -2.44. The number of nitrogens with zero attached hydrogens (tertiary/aromatic N) is 2. The van der Waals surface area contributed by atoms with E-state index in [0.717, 1.165) is 36.7 Å². The fourth-order valence-electron chi connectivity index (χ4n) is 2.90. The van der Waals surface area contributed by atoms with Crippen LogP contribution in [0.3, 0.4) is 0 Å². The Balaban J connectivity index is 1.64. The number of halogens is 3. The van der Waals surface area contributed by atoms with Gasteiger partial charge in [0.25, 0.3) is 0 Å². The molecule has 2 aromatic rings. The number of benzene rings is 1. The first-order valence-electron chi connectivity index (χ1n) is 8.53. The largest absolute Gasteiger partial charge is 0.489 e. The summed E-state index contributed by atoms with van der Waals surface area (Å²) in [6.45, 7) is 5.36. The molecule has 1 saturated heterocycles. The minimum atomic E-state index is -4.39. The van der Waals surface area contributed by atoms with E-state index in [1.807, 2.05) is 38.1 Å². The zero-order chi connectivity index (χ0) is 18.7. The number of alkyl halides is 3. The molecule has 140 valence electrons. The van der Waals surface area contributed by atoms with E-state index in [0.29, 0.717) is 6.54 Å². The normalized spacial score (nSPS) is 17.6. The molecule has 7 heteroatoms. The molecule has 1 fully saturated rings. The van der Waals surface area contributed by atoms with E-state index in [2.05, 4.69) is 9.88 Å². The topological polar surface area (TPSA) is 34.6 Å². The van der Waals surface area contributed by atoms with Gasteiger partial charge < -0.3 is 14.4 Å². The highest BCUT2D eigenvalue weighted by Gasteiger charge is 2.31. The van der Waals surface area contributed by atoms with Crippen molar-refractivity contribution in [3.63, 3.8) is 0 Å². The quantitative estimate of drug-likeness (QED) is 0.778. The Bertz CT molecular complexity index is 732. The minimum absolute atomic E-state index is 0.0714. The number of rotatable bonds is 5. The molecule has 0 amide bonds. The van der Waals surface area contributed by atoms with Crippen molar-refractivity contribution in [1.82, 2.24) is 4.98 Å². The molecular weight excluding hydrogens is 345 g/mol. The first-order chi connectivity index (χ1) is 12.3. The maximum Gasteiger partial charge on any atom is 0.417 e. The molecule has 2 heterocycles. The second kappa shape index (κ2) is 7.43. The molecule has 3 rings (SSSR count). The third-order valence-corrected chi connectivity index (χ3v) is 4.06. The number of pyridine rings is 1. The van der Waals surface area contributed by atoms with E-state index in [4.69, 9.17) is 9.47 Å². The summed E-state index contributed by atoms with van der Waals surface area (Å²) in [5.74, 6) is 1.02. The van der Waals surface area contributed by atoms with E-state index >= 15 is 0 Å². The van der Waals surface area contributed by atoms with Gasteiger partial charge >= 0.3 is 6.18 Å². The van der Waals surface area contributed by atoms with Crippen molar-refractivity contribution in [3.05, 3.63) is 48.2 Å². The van der Waals surface area contributed by atoms with Crippen molar-refractivity contribution < 1.29 is 22.6 Å². The monoisotopic (exact) mass is 366 g/mol. The first kappa shape index (κ1) is 18.4. The van der Waals surface area contributed by atoms with Crippen LogP contribution in [0.2, 0.25) is 0 Å². The molecule has 0 bridgehead atoms. The summed E-state index contributed by atoms with van der Waals surface area (Å²) in [6, 6.07) is 10.1. The van der Waals surface area contributed by atoms with Crippen molar-refractivity contribution in [2.75, 3.05) is 18.0 Å². The van der Waals surface area contributed by atoms with Crippen LogP contribution >= 0.6 is 0 Å². The first-order valence-corrected chi connectivity index (χ1v) is 8.53. The molecule has 0 radical (unpaired) electrons. The van der Waals surface area contributed by atoms with Crippen LogP contribution in [0.25, 0.3) is 0 Å². The van der Waals surface area contributed by atoms with E-state index in [-0.39, 0.29) is 18.1 Å². The lowest BCUT2D eigenvalue weighted by molar-refractivity contribution is -0.137. The average Bonchev–Trinajstić information content (AvgIpc) is 3.03. The lowest BCUT2D eigenvalue weighted by Crippen LogP contribution is -2.25. The van der Waals surface area contributed by atoms with Gasteiger partial charge in [0.15, 0.2) is 0 Å². The molecule has 4 nitrogen and oxygen atoms in total. The van der Waals surface area contributed by atoms with E-state index in [1.54, 1.807) is 0 Å². The summed E-state index contributed by atoms with van der Waals surface area (Å²) in [5, 5.41) is 0. The summed E-state index contributed by atoms with van der Waals surface area (Å²) >= 11 is 0. The highest BCUT2D eigenvalue weighted by atomic mass is 19.4. The van der Waals surface area contributed by atoms with Gasteiger partial charge in [-0.3, -0.25) is 0 Å². The van der Waals surface area contributed by atoms with Crippen LogP contribution in [0.1, 0.15) is 25.8 Å². The van der Waals surface area contributed by atoms with Crippen molar-refractivity contribution >= 4 is 5.69 Å². The standard InChI is InChI=1S/C19H21F3N2O2/c1-13(2)25-17-6-4-3-5-16(17)24-10-9-15(12-24)26-18-8-7-14(11-23-18)19(20,21)22/h3-8,11,13,15H,9-10,12H2,1-2H3. The molecule has 1 aliphatic heterocycles. The molecule has 0 N–H and O–H groups in total. The van der Waals surface area contributed by atoms with Crippen LogP contribution in [0.5, 0.6) is 11.6 Å². The Morgan fingerprint density at radius 2 is 1.92 bits per heavy atom. The summed E-state index contributed by atoms with van der Waals surface area (Å²) in [6.07, 6.45) is -2.89. The van der Waals surface area contributed by atoms with Crippen molar-refractivity contribution in [1.29, 1.82) is 0 Å². The minimum Gasteiger partial charge on any atom is -0.489 e. The van der Waals surface area contributed by atoms with Gasteiger partial charge in [-0.05, 0) is 32.0 Å². The third-order valence-electron chi connectivity index (χ3n) is 4.06. The second-order valence-corrected chi connectivity index (χ2v) is 6.49. The fourth-order valence-corrected chi connectivity index (χ4v) is 2.90. The molecular formula is C19H21F3N2O2. The maximum absolute atomic E-state index is 12.6. The molecule has 1 aromatic heterocycles. The molecule has 1 unspecified atom stereocenters. The second-order valence-electron chi connectivity index (χ2n) is 6.49. The highest BCUT2D eigenvalue weighted by Crippen LogP contribution is 2.33. The predicted octanol–water partition coefficient (Wildman–Crippen LogP) is 4.55. The van der Waals surface area contributed by atoms with E-state index < -0.39 is 11.7 Å². The number of para-hydroxylation sites is 2. The predicted molar refractivity (Wildman–Crippen MR) is 92.7 cm³/mol. The van der Waals surface area contributed by atoms with Crippen molar-refractivity contribution in [2.24, 2.45) is 0 Å². The zero-order valence-electron chi connectivity index (χ0n) is 14.7. The van der Waals surface area contributed by atoms with Gasteiger partial charge in [-0.25, -0.2) is 4.98 Å². The van der Waals surface area contributed by atoms with Gasteiger partial charge in [-0.1, -0.05) is 12.1 Å². The smallest absolute Gasteiger partial charge is 0.417 e. The molecule has 1 aliphatic rings. The number of hydrogen-bond donors (Lipinski definition) is 0. The summed E-state index contributed by atoms with van der Waals surface area (Å²) in [5.41, 5.74) is 0.213. The van der Waals surface area contributed by atoms with Crippen molar-refractivity contribution in [3.8, 4) is 11.6 Å². The highest BCUT2D eigenvalue weighted by molar-refractivity contribution is 5.59. The lowest BCUT2D eigenvalue weighted by atomic mass is 10.2. The van der Waals surface area contributed by atoms with E-state index in [1.165, 1.54) is 6.07 Å². The summed E-state index contributed by atoms with van der Waals surface area (Å²) in [7, 11) is 0. The van der Waals surface area contributed by atoms with Gasteiger partial charge in [-0.2, -0.15) is 13.2 Å². The number of anilines is 1. The van der Waals surface area contributed by atoms with Crippen LogP contribution in [0.4, 0.5) is 18.9 Å². The molecule has 1 atom stereocenters. The molecule has 1 aromatic carbocycles. The fraction of sp³-hybridized carbons (Fsp3) is 0.421. The average molecular weight is 366 g/mol. The molecule has 0 saturated carbocycles. The van der Waals surface area contributed by atoms with Crippen LogP contribution in [-0.4, -0.2) is 30.3 Å². The van der Waals surface area contributed by atoms with Crippen molar-refractivity contribution in [2.45, 2.75) is 38.7 Å². The van der Waals surface area contributed by atoms with Crippen LogP contribution < -0.4 is 14.4 Å². The number of ether oxygens (including phenoxy) is 2. The molecule has 26 heavy (non-hydrogen) atoms. The van der Waals surface area contributed by atoms with Crippen LogP contribution in [-0.2, 0) is 6.18 Å². The zero-order valence-corrected chi connectivity index (χ0v) is 14.7. The Kier molecular flexibility index (Phi) is 5.25. The van der Waals surface area contributed by atoms with Gasteiger partial charge in [0.05, 0.1) is 23.9 Å². The Labute approximate surface area is 150 Å². The van der Waals surface area contributed by atoms with E-state index in [9.17, 15) is 13.2 Å². The van der Waals surface area contributed by atoms with Gasteiger partial charge in [0.1, 0.15) is 11.9 Å². The van der Waals surface area contributed by atoms with Gasteiger partial charge in [0.2, 0.25) is 5.88 Å². The third kappa shape index (κ3) is 4.39. The van der Waals surface area contributed by atoms with Gasteiger partial charge in [-0.15, -0.1) is 0 Å². The Morgan fingerprint density at radius 1 is 1.15 bits per heavy atom. The Morgan fingerprint density at radius 3 is 2.58 bits per heavy atom. The number of aromatic nitrogens is 1. The molecule has 0 aliphatic carbocycles. The molecule has 0 spiro atoms. The maximum atomic E-state index is 12.6. The van der Waals surface area contributed by atoms with Gasteiger partial charge in [0, 0.05) is 25.2 Å². The van der Waals surface area contributed by atoms with Crippen LogP contribution in [0.15, 0.2) is 42.6 Å².